The fraction of sp³-hybridized carbons (Fsp3) is 0.667. The molecule has 1 aromatic carbocycles. The molecular weight excluding hydrogens is 324 g/mol. The van der Waals surface area contributed by atoms with E-state index in [1.807, 2.05) is 0 Å². The molecule has 144 valence electrons. The van der Waals surface area contributed by atoms with Crippen LogP contribution >= 0.6 is 0 Å². The Bertz CT molecular complexity index is 595. The standard InChI is InChI=1S/C21H34N4O/c1-4-22-21(23-14-18-13-17-7-5-6-8-19(17)18)24-15-20(16(2)3)25-9-11-26-12-10-25/h5-8,16,18,20H,4,9-15H2,1-3H3,(H2,22,23,24). The minimum absolute atomic E-state index is 0.471. The largest absolute Gasteiger partial charge is 0.379 e. The minimum Gasteiger partial charge on any atom is -0.379 e. The van der Waals surface area contributed by atoms with Crippen molar-refractivity contribution >= 4 is 5.96 Å². The van der Waals surface area contributed by atoms with E-state index in [-0.39, 0.29) is 0 Å². The van der Waals surface area contributed by atoms with Crippen LogP contribution in [-0.2, 0) is 11.2 Å². The second-order valence-electron chi connectivity index (χ2n) is 7.66. The van der Waals surface area contributed by atoms with E-state index in [1.54, 1.807) is 0 Å². The summed E-state index contributed by atoms with van der Waals surface area (Å²) in [6, 6.07) is 9.23. The van der Waals surface area contributed by atoms with Gasteiger partial charge in [-0.2, -0.15) is 0 Å². The predicted molar refractivity (Wildman–Crippen MR) is 108 cm³/mol. The minimum atomic E-state index is 0.471. The lowest BCUT2D eigenvalue weighted by Crippen LogP contribution is -2.48. The molecule has 1 saturated heterocycles. The van der Waals surface area contributed by atoms with Gasteiger partial charge in [-0.15, -0.1) is 0 Å². The highest BCUT2D eigenvalue weighted by Crippen LogP contribution is 2.33. The fourth-order valence-electron chi connectivity index (χ4n) is 3.95. The first kappa shape index (κ1) is 19.2. The van der Waals surface area contributed by atoms with E-state index in [1.165, 1.54) is 17.5 Å². The zero-order valence-electron chi connectivity index (χ0n) is 16.5. The zero-order valence-corrected chi connectivity index (χ0v) is 16.5. The summed E-state index contributed by atoms with van der Waals surface area (Å²) in [7, 11) is 0. The van der Waals surface area contributed by atoms with Gasteiger partial charge in [0, 0.05) is 38.1 Å². The van der Waals surface area contributed by atoms with Gasteiger partial charge in [-0.1, -0.05) is 38.1 Å². The van der Waals surface area contributed by atoms with Crippen molar-refractivity contribution in [3.05, 3.63) is 35.4 Å². The number of nitrogens with one attached hydrogen (secondary N) is 2. The van der Waals surface area contributed by atoms with Crippen LogP contribution in [-0.4, -0.2) is 62.8 Å². The number of hydrogen-bond donors (Lipinski definition) is 2. The normalized spacial score (nSPS) is 21.8. The van der Waals surface area contributed by atoms with Crippen molar-refractivity contribution in [2.45, 2.75) is 39.2 Å². The summed E-state index contributed by atoms with van der Waals surface area (Å²) >= 11 is 0. The van der Waals surface area contributed by atoms with Crippen LogP contribution in [0.3, 0.4) is 0 Å². The van der Waals surface area contributed by atoms with Crippen molar-refractivity contribution in [2.75, 3.05) is 45.9 Å². The van der Waals surface area contributed by atoms with Gasteiger partial charge in [-0.25, -0.2) is 0 Å². The van der Waals surface area contributed by atoms with E-state index < -0.39 is 0 Å². The summed E-state index contributed by atoms with van der Waals surface area (Å²) in [5.74, 6) is 2.13. The van der Waals surface area contributed by atoms with Crippen molar-refractivity contribution in [3.63, 3.8) is 0 Å². The Morgan fingerprint density at radius 3 is 2.69 bits per heavy atom. The Morgan fingerprint density at radius 1 is 1.23 bits per heavy atom. The highest BCUT2D eigenvalue weighted by molar-refractivity contribution is 5.79. The van der Waals surface area contributed by atoms with Gasteiger partial charge in [-0.3, -0.25) is 9.89 Å². The van der Waals surface area contributed by atoms with Crippen LogP contribution in [0, 0.1) is 5.92 Å². The molecule has 3 rings (SSSR count). The first-order chi connectivity index (χ1) is 12.7. The van der Waals surface area contributed by atoms with Crippen LogP contribution in [0.5, 0.6) is 0 Å². The van der Waals surface area contributed by atoms with Gasteiger partial charge in [0.05, 0.1) is 19.8 Å². The summed E-state index contributed by atoms with van der Waals surface area (Å²) in [6.45, 7) is 13.1. The molecule has 2 N–H and O–H groups in total. The molecule has 0 spiro atoms. The Kier molecular flexibility index (Phi) is 6.92. The predicted octanol–water partition coefficient (Wildman–Crippen LogP) is 2.24. The van der Waals surface area contributed by atoms with Gasteiger partial charge in [0.15, 0.2) is 5.96 Å². The van der Waals surface area contributed by atoms with Gasteiger partial charge < -0.3 is 15.4 Å². The van der Waals surface area contributed by atoms with E-state index in [4.69, 9.17) is 9.73 Å². The molecule has 0 aromatic heterocycles. The molecule has 1 fully saturated rings. The zero-order chi connectivity index (χ0) is 18.4. The van der Waals surface area contributed by atoms with Crippen LogP contribution < -0.4 is 10.6 Å². The maximum absolute atomic E-state index is 5.50. The first-order valence-electron chi connectivity index (χ1n) is 10.1. The van der Waals surface area contributed by atoms with Gasteiger partial charge >= 0.3 is 0 Å². The number of guanidine groups is 1. The molecule has 1 heterocycles. The Morgan fingerprint density at radius 2 is 2.00 bits per heavy atom. The number of nitrogens with zero attached hydrogens (tertiary/aromatic N) is 2. The number of morpholine rings is 1. The summed E-state index contributed by atoms with van der Waals surface area (Å²) in [5.41, 5.74) is 2.98. The van der Waals surface area contributed by atoms with Crippen molar-refractivity contribution in [2.24, 2.45) is 10.9 Å². The van der Waals surface area contributed by atoms with Crippen LogP contribution in [0.2, 0.25) is 0 Å². The molecule has 5 nitrogen and oxygen atoms in total. The molecule has 1 aliphatic heterocycles. The molecule has 0 amide bonds. The number of ether oxygens (including phenoxy) is 1. The van der Waals surface area contributed by atoms with Crippen LogP contribution in [0.1, 0.15) is 37.8 Å². The average Bonchev–Trinajstić information content (AvgIpc) is 2.63. The number of rotatable bonds is 7. The number of fused-ring (bicyclic) bond motifs is 1. The quantitative estimate of drug-likeness (QED) is 0.580. The topological polar surface area (TPSA) is 48.9 Å². The number of hydrogen-bond acceptors (Lipinski definition) is 3. The van der Waals surface area contributed by atoms with Gasteiger partial charge in [0.25, 0.3) is 0 Å². The molecule has 1 aliphatic carbocycles. The molecule has 26 heavy (non-hydrogen) atoms. The van der Waals surface area contributed by atoms with Crippen molar-refractivity contribution in [1.29, 1.82) is 0 Å². The molecular formula is C21H34N4O. The maximum atomic E-state index is 5.50. The Balaban J connectivity index is 1.55. The molecule has 5 heteroatoms. The Hall–Kier alpha value is -1.59. The lowest BCUT2D eigenvalue weighted by atomic mass is 9.78. The fourth-order valence-corrected chi connectivity index (χ4v) is 3.95. The molecule has 2 aliphatic rings. The van der Waals surface area contributed by atoms with E-state index in [0.29, 0.717) is 17.9 Å². The summed E-state index contributed by atoms with van der Waals surface area (Å²) < 4.78 is 5.50. The van der Waals surface area contributed by atoms with Crippen LogP contribution in [0.4, 0.5) is 0 Å². The van der Waals surface area contributed by atoms with Crippen molar-refractivity contribution in [3.8, 4) is 0 Å². The SMILES string of the molecule is CCNC(=NCC(C(C)C)N1CCOCC1)NCC1Cc2ccccc21. The van der Waals surface area contributed by atoms with E-state index in [2.05, 4.69) is 60.6 Å². The van der Waals surface area contributed by atoms with Gasteiger partial charge in [-0.05, 0) is 30.4 Å². The van der Waals surface area contributed by atoms with Gasteiger partial charge in [0.1, 0.15) is 0 Å². The molecule has 1 aromatic rings. The third-order valence-electron chi connectivity index (χ3n) is 5.54. The molecule has 0 bridgehead atoms. The highest BCUT2D eigenvalue weighted by atomic mass is 16.5. The van der Waals surface area contributed by atoms with Crippen molar-refractivity contribution in [1.82, 2.24) is 15.5 Å². The lowest BCUT2D eigenvalue weighted by Gasteiger charge is -2.36. The maximum Gasteiger partial charge on any atom is 0.191 e. The van der Waals surface area contributed by atoms with E-state index in [0.717, 1.165) is 51.9 Å². The second-order valence-corrected chi connectivity index (χ2v) is 7.66. The lowest BCUT2D eigenvalue weighted by molar-refractivity contribution is 0.00867. The molecule has 0 saturated carbocycles. The summed E-state index contributed by atoms with van der Waals surface area (Å²) in [5, 5.41) is 6.96. The molecule has 2 atom stereocenters. The highest BCUT2D eigenvalue weighted by Gasteiger charge is 2.26. The van der Waals surface area contributed by atoms with Crippen molar-refractivity contribution < 1.29 is 4.74 Å². The summed E-state index contributed by atoms with van der Waals surface area (Å²) in [6.07, 6.45) is 1.17. The molecule has 2 unspecified atom stereocenters. The van der Waals surface area contributed by atoms with Gasteiger partial charge in [0.2, 0.25) is 0 Å². The second kappa shape index (κ2) is 9.38. The van der Waals surface area contributed by atoms with E-state index in [9.17, 15) is 0 Å². The first-order valence-corrected chi connectivity index (χ1v) is 10.1. The third kappa shape index (κ3) is 4.77. The summed E-state index contributed by atoms with van der Waals surface area (Å²) in [4.78, 5) is 7.44. The average molecular weight is 359 g/mol. The molecule has 0 radical (unpaired) electrons. The van der Waals surface area contributed by atoms with E-state index >= 15 is 0 Å². The number of benzene rings is 1. The third-order valence-corrected chi connectivity index (χ3v) is 5.54. The Labute approximate surface area is 158 Å². The van der Waals surface area contributed by atoms with Crippen LogP contribution in [0.25, 0.3) is 0 Å². The van der Waals surface area contributed by atoms with Crippen LogP contribution in [0.15, 0.2) is 29.3 Å². The smallest absolute Gasteiger partial charge is 0.191 e. The monoisotopic (exact) mass is 358 g/mol. The number of aliphatic imine (C=N–C) groups is 1.